The third-order valence-electron chi connectivity index (χ3n) is 6.02. The van der Waals surface area contributed by atoms with Gasteiger partial charge in [0, 0.05) is 36.7 Å². The highest BCUT2D eigenvalue weighted by Gasteiger charge is 2.18. The summed E-state index contributed by atoms with van der Waals surface area (Å²) in [6, 6.07) is 22.5. The molecule has 0 radical (unpaired) electrons. The van der Waals surface area contributed by atoms with Crippen LogP contribution < -0.4 is 20.9 Å². The van der Waals surface area contributed by atoms with Crippen LogP contribution in [0.25, 0.3) is 0 Å². The van der Waals surface area contributed by atoms with Crippen molar-refractivity contribution in [3.8, 4) is 0 Å². The van der Waals surface area contributed by atoms with Crippen LogP contribution in [-0.2, 0) is 16.1 Å². The zero-order valence-electron chi connectivity index (χ0n) is 20.2. The molecule has 0 bridgehead atoms. The van der Waals surface area contributed by atoms with E-state index in [1.807, 2.05) is 73.7 Å². The molecule has 3 aromatic carbocycles. The third-order valence-corrected chi connectivity index (χ3v) is 6.02. The Hall–Kier alpha value is -3.84. The van der Waals surface area contributed by atoms with Gasteiger partial charge in [0.05, 0.1) is 18.8 Å². The van der Waals surface area contributed by atoms with Crippen molar-refractivity contribution in [2.24, 2.45) is 0 Å². The van der Waals surface area contributed by atoms with Gasteiger partial charge in [-0.3, -0.25) is 9.59 Å². The normalized spacial score (nSPS) is 14.2. The minimum atomic E-state index is -0.542. The lowest BCUT2D eigenvalue weighted by atomic mass is 10.1. The number of carbonyl (C=O) groups excluding carboxylic acids is 2. The smallest absolute Gasteiger partial charge is 0.253 e. The van der Waals surface area contributed by atoms with Gasteiger partial charge in [-0.1, -0.05) is 42.0 Å². The van der Waals surface area contributed by atoms with Gasteiger partial charge in [0.25, 0.3) is 5.91 Å². The summed E-state index contributed by atoms with van der Waals surface area (Å²) in [5.74, 6) is -0.376. The van der Waals surface area contributed by atoms with E-state index < -0.39 is 6.04 Å². The summed E-state index contributed by atoms with van der Waals surface area (Å²) >= 11 is 0. The summed E-state index contributed by atoms with van der Waals surface area (Å²) in [5, 5.41) is 9.09. The number of para-hydroxylation sites is 1. The second-order valence-electron chi connectivity index (χ2n) is 8.72. The second-order valence-corrected chi connectivity index (χ2v) is 8.72. The zero-order valence-corrected chi connectivity index (χ0v) is 20.2. The van der Waals surface area contributed by atoms with Crippen molar-refractivity contribution >= 4 is 28.9 Å². The topological polar surface area (TPSA) is 82.7 Å². The number of nitrogens with zero attached hydrogens (tertiary/aromatic N) is 1. The van der Waals surface area contributed by atoms with E-state index in [1.54, 1.807) is 13.0 Å². The van der Waals surface area contributed by atoms with Gasteiger partial charge in [0.1, 0.15) is 6.04 Å². The first-order chi connectivity index (χ1) is 17.0. The predicted octanol–water partition coefficient (Wildman–Crippen LogP) is 4.20. The predicted molar refractivity (Wildman–Crippen MR) is 140 cm³/mol. The molecule has 0 aromatic heterocycles. The van der Waals surface area contributed by atoms with Crippen LogP contribution in [0.15, 0.2) is 72.8 Å². The molecular formula is C28H32N4O3. The largest absolute Gasteiger partial charge is 0.378 e. The molecule has 1 aliphatic heterocycles. The molecule has 0 unspecified atom stereocenters. The molecule has 1 atom stereocenters. The Bertz CT molecular complexity index is 1140. The van der Waals surface area contributed by atoms with Crippen molar-refractivity contribution in [1.82, 2.24) is 5.32 Å². The van der Waals surface area contributed by atoms with Crippen LogP contribution >= 0.6 is 0 Å². The average molecular weight is 473 g/mol. The third kappa shape index (κ3) is 6.61. The van der Waals surface area contributed by atoms with Gasteiger partial charge >= 0.3 is 0 Å². The molecule has 7 heteroatoms. The maximum atomic E-state index is 12.8. The Kier molecular flexibility index (Phi) is 8.00. The van der Waals surface area contributed by atoms with E-state index in [4.69, 9.17) is 4.74 Å². The number of carbonyl (C=O) groups is 2. The van der Waals surface area contributed by atoms with Crippen molar-refractivity contribution in [1.29, 1.82) is 0 Å². The first-order valence-electron chi connectivity index (χ1n) is 11.9. The quantitative estimate of drug-likeness (QED) is 0.458. The lowest BCUT2D eigenvalue weighted by molar-refractivity contribution is -0.116. The Labute approximate surface area is 206 Å². The Morgan fingerprint density at radius 1 is 0.943 bits per heavy atom. The van der Waals surface area contributed by atoms with Crippen molar-refractivity contribution < 1.29 is 14.3 Å². The van der Waals surface area contributed by atoms with E-state index in [0.29, 0.717) is 17.8 Å². The number of anilines is 3. The molecule has 1 aliphatic rings. The zero-order chi connectivity index (χ0) is 24.6. The van der Waals surface area contributed by atoms with Gasteiger partial charge in [0.15, 0.2) is 0 Å². The van der Waals surface area contributed by atoms with Gasteiger partial charge in [-0.25, -0.2) is 0 Å². The summed E-state index contributed by atoms with van der Waals surface area (Å²) < 4.78 is 5.40. The van der Waals surface area contributed by atoms with E-state index >= 15 is 0 Å². The summed E-state index contributed by atoms with van der Waals surface area (Å²) in [4.78, 5) is 27.9. The minimum absolute atomic E-state index is 0.181. The van der Waals surface area contributed by atoms with Gasteiger partial charge in [-0.05, 0) is 55.8 Å². The van der Waals surface area contributed by atoms with Crippen LogP contribution in [0.3, 0.4) is 0 Å². The fourth-order valence-electron chi connectivity index (χ4n) is 3.92. The van der Waals surface area contributed by atoms with Crippen molar-refractivity contribution in [2.45, 2.75) is 26.4 Å². The number of nitrogens with one attached hydrogen (secondary N) is 3. The summed E-state index contributed by atoms with van der Waals surface area (Å²) in [7, 11) is 0. The number of hydrogen-bond acceptors (Lipinski definition) is 5. The monoisotopic (exact) mass is 472 g/mol. The lowest BCUT2D eigenvalue weighted by Crippen LogP contribution is -2.36. The molecule has 1 fully saturated rings. The number of hydrogen-bond donors (Lipinski definition) is 3. The highest BCUT2D eigenvalue weighted by atomic mass is 16.5. The first-order valence-corrected chi connectivity index (χ1v) is 11.9. The number of rotatable bonds is 8. The first kappa shape index (κ1) is 24.3. The second kappa shape index (κ2) is 11.5. The van der Waals surface area contributed by atoms with Crippen LogP contribution in [0.4, 0.5) is 17.1 Å². The van der Waals surface area contributed by atoms with Gasteiger partial charge < -0.3 is 25.6 Å². The van der Waals surface area contributed by atoms with Gasteiger partial charge in [0.2, 0.25) is 5.91 Å². The molecule has 0 saturated carbocycles. The molecule has 7 nitrogen and oxygen atoms in total. The highest BCUT2D eigenvalue weighted by Crippen LogP contribution is 2.20. The molecule has 3 aromatic rings. The van der Waals surface area contributed by atoms with Crippen LogP contribution in [0.5, 0.6) is 0 Å². The lowest BCUT2D eigenvalue weighted by Gasteiger charge is -2.29. The number of aryl methyl sites for hydroxylation is 1. The molecular weight excluding hydrogens is 440 g/mol. The number of benzene rings is 3. The Balaban J connectivity index is 1.34. The van der Waals surface area contributed by atoms with Gasteiger partial charge in [-0.2, -0.15) is 0 Å². The summed E-state index contributed by atoms with van der Waals surface area (Å²) in [5.41, 5.74) is 5.15. The van der Waals surface area contributed by atoms with Crippen LogP contribution in [0.2, 0.25) is 0 Å². The minimum Gasteiger partial charge on any atom is -0.378 e. The molecule has 182 valence electrons. The Morgan fingerprint density at radius 3 is 2.34 bits per heavy atom. The molecule has 35 heavy (non-hydrogen) atoms. The average Bonchev–Trinajstić information content (AvgIpc) is 2.89. The van der Waals surface area contributed by atoms with Crippen molar-refractivity contribution in [3.05, 3.63) is 89.5 Å². The molecule has 2 amide bonds. The van der Waals surface area contributed by atoms with E-state index in [-0.39, 0.29) is 11.8 Å². The van der Waals surface area contributed by atoms with E-state index in [2.05, 4.69) is 20.9 Å². The Morgan fingerprint density at radius 2 is 1.63 bits per heavy atom. The van der Waals surface area contributed by atoms with Crippen molar-refractivity contribution in [3.63, 3.8) is 0 Å². The molecule has 0 spiro atoms. The molecule has 1 saturated heterocycles. The SMILES string of the molecule is Cc1ccc(CNC(=O)c2ccccc2N[C@@H](C)C(=O)Nc2ccc(N3CCOCC3)cc2)cc1. The van der Waals surface area contributed by atoms with E-state index in [9.17, 15) is 9.59 Å². The van der Waals surface area contributed by atoms with E-state index in [0.717, 1.165) is 43.2 Å². The standard InChI is InChI=1S/C28H32N4O3/c1-20-7-9-22(10-8-20)19-29-28(34)25-5-3-4-6-26(25)30-21(2)27(33)31-23-11-13-24(14-12-23)32-15-17-35-18-16-32/h3-14,21,30H,15-19H2,1-2H3,(H,29,34)(H,31,33)/t21-/m0/s1. The summed E-state index contributed by atoms with van der Waals surface area (Å²) in [6.07, 6.45) is 0. The fourth-order valence-corrected chi connectivity index (χ4v) is 3.92. The molecule has 1 heterocycles. The van der Waals surface area contributed by atoms with Crippen LogP contribution in [-0.4, -0.2) is 44.2 Å². The summed E-state index contributed by atoms with van der Waals surface area (Å²) in [6.45, 7) is 7.43. The maximum Gasteiger partial charge on any atom is 0.253 e. The maximum absolute atomic E-state index is 12.8. The molecule has 3 N–H and O–H groups in total. The van der Waals surface area contributed by atoms with E-state index in [1.165, 1.54) is 5.56 Å². The van der Waals surface area contributed by atoms with Gasteiger partial charge in [-0.15, -0.1) is 0 Å². The highest BCUT2D eigenvalue weighted by molar-refractivity contribution is 6.01. The van der Waals surface area contributed by atoms with Crippen LogP contribution in [0, 0.1) is 6.92 Å². The molecule has 4 rings (SSSR count). The number of ether oxygens (including phenoxy) is 1. The molecule has 0 aliphatic carbocycles. The van der Waals surface area contributed by atoms with Crippen LogP contribution in [0.1, 0.15) is 28.4 Å². The fraction of sp³-hybridized carbons (Fsp3) is 0.286. The van der Waals surface area contributed by atoms with Crippen molar-refractivity contribution in [2.75, 3.05) is 41.8 Å². The number of morpholine rings is 1. The number of amides is 2.